The van der Waals surface area contributed by atoms with Gasteiger partial charge in [0.1, 0.15) is 0 Å². The summed E-state index contributed by atoms with van der Waals surface area (Å²) in [5.74, 6) is 0.563. The molecule has 0 spiro atoms. The Morgan fingerprint density at radius 1 is 1.40 bits per heavy atom. The van der Waals surface area contributed by atoms with Crippen molar-refractivity contribution in [1.29, 1.82) is 0 Å². The van der Waals surface area contributed by atoms with Gasteiger partial charge in [-0.15, -0.1) is 12.1 Å². The van der Waals surface area contributed by atoms with Crippen molar-refractivity contribution < 1.29 is 17.7 Å². The minimum absolute atomic E-state index is 0.0105. The van der Waals surface area contributed by atoms with E-state index in [-0.39, 0.29) is 12.7 Å². The Balaban J connectivity index is 2.28. The fourth-order valence-corrected chi connectivity index (χ4v) is 1.85. The lowest BCUT2D eigenvalue weighted by Crippen LogP contribution is -2.27. The third-order valence-corrected chi connectivity index (χ3v) is 2.86. The Morgan fingerprint density at radius 3 is 2.60 bits per heavy atom. The summed E-state index contributed by atoms with van der Waals surface area (Å²) in [6.45, 7) is -0.176. The van der Waals surface area contributed by atoms with Gasteiger partial charge < -0.3 is 17.7 Å². The van der Waals surface area contributed by atoms with E-state index in [1.165, 1.54) is 0 Å². The van der Waals surface area contributed by atoms with Gasteiger partial charge in [0.25, 0.3) is 0 Å². The zero-order valence-electron chi connectivity index (χ0n) is 9.02. The highest BCUT2D eigenvalue weighted by molar-refractivity contribution is 6.66. The van der Waals surface area contributed by atoms with E-state index in [4.69, 9.17) is 4.74 Å². The van der Waals surface area contributed by atoms with Gasteiger partial charge in [-0.05, 0) is 18.8 Å². The van der Waals surface area contributed by atoms with E-state index < -0.39 is 12.4 Å². The summed E-state index contributed by atoms with van der Waals surface area (Å²) in [7, 11) is 0. The van der Waals surface area contributed by atoms with Gasteiger partial charge in [0, 0.05) is 6.61 Å². The SMILES string of the molecule is C=C(COC1CCCC(C)C1)[B-](F)(F)F. The average molecular weight is 221 g/mol. The first kappa shape index (κ1) is 12.6. The van der Waals surface area contributed by atoms with Crippen molar-refractivity contribution in [2.24, 2.45) is 5.92 Å². The maximum atomic E-state index is 12.2. The van der Waals surface area contributed by atoms with Crippen LogP contribution in [-0.2, 0) is 4.74 Å². The normalized spacial score (nSPS) is 27.7. The number of halogens is 3. The van der Waals surface area contributed by atoms with Crippen molar-refractivity contribution in [3.63, 3.8) is 0 Å². The molecule has 0 heterocycles. The second-order valence-corrected chi connectivity index (χ2v) is 4.44. The van der Waals surface area contributed by atoms with Crippen LogP contribution in [0.2, 0.25) is 0 Å². The summed E-state index contributed by atoms with van der Waals surface area (Å²) in [6.07, 6.45) is 3.95. The summed E-state index contributed by atoms with van der Waals surface area (Å²) < 4.78 is 41.7. The highest BCUT2D eigenvalue weighted by atomic mass is 19.4. The molecule has 0 amide bonds. The quantitative estimate of drug-likeness (QED) is 0.660. The van der Waals surface area contributed by atoms with Crippen LogP contribution in [0.5, 0.6) is 0 Å². The minimum atomic E-state index is -4.93. The van der Waals surface area contributed by atoms with Crippen LogP contribution in [0.4, 0.5) is 12.9 Å². The summed E-state index contributed by atoms with van der Waals surface area (Å²) in [4.78, 5) is 0. The lowest BCUT2D eigenvalue weighted by Gasteiger charge is -2.28. The molecule has 0 radical (unpaired) electrons. The molecule has 1 rings (SSSR count). The Bertz CT molecular complexity index is 227. The van der Waals surface area contributed by atoms with Crippen LogP contribution < -0.4 is 0 Å². The van der Waals surface area contributed by atoms with E-state index in [2.05, 4.69) is 13.5 Å². The fraction of sp³-hybridized carbons (Fsp3) is 0.800. The zero-order chi connectivity index (χ0) is 11.5. The predicted octanol–water partition coefficient (Wildman–Crippen LogP) is 3.52. The van der Waals surface area contributed by atoms with Crippen LogP contribution in [0.3, 0.4) is 0 Å². The molecule has 0 N–H and O–H groups in total. The van der Waals surface area contributed by atoms with E-state index >= 15 is 0 Å². The van der Waals surface area contributed by atoms with Crippen LogP contribution >= 0.6 is 0 Å². The largest absolute Gasteiger partial charge is 0.507 e. The first-order valence-corrected chi connectivity index (χ1v) is 5.39. The van der Waals surface area contributed by atoms with Crippen LogP contribution in [0.15, 0.2) is 12.1 Å². The molecule has 5 heteroatoms. The molecule has 2 atom stereocenters. The molecule has 0 saturated heterocycles. The van der Waals surface area contributed by atoms with Gasteiger partial charge in [0.05, 0.1) is 6.10 Å². The first-order valence-electron chi connectivity index (χ1n) is 5.39. The second kappa shape index (κ2) is 5.06. The van der Waals surface area contributed by atoms with E-state index in [0.717, 1.165) is 25.7 Å². The first-order chi connectivity index (χ1) is 6.89. The van der Waals surface area contributed by atoms with Gasteiger partial charge in [-0.2, -0.15) is 0 Å². The highest BCUT2D eigenvalue weighted by Crippen LogP contribution is 2.27. The summed E-state index contributed by atoms with van der Waals surface area (Å²) >= 11 is 0. The maximum Gasteiger partial charge on any atom is 0.507 e. The van der Waals surface area contributed by atoms with Crippen molar-refractivity contribution in [1.82, 2.24) is 0 Å². The summed E-state index contributed by atoms with van der Waals surface area (Å²) in [5.41, 5.74) is -0.728. The molecule has 1 aliphatic rings. The van der Waals surface area contributed by atoms with E-state index in [9.17, 15) is 12.9 Å². The third-order valence-electron chi connectivity index (χ3n) is 2.86. The molecule has 88 valence electrons. The highest BCUT2D eigenvalue weighted by Gasteiger charge is 2.28. The van der Waals surface area contributed by atoms with E-state index in [0.29, 0.717) is 5.92 Å². The molecule has 0 aromatic heterocycles. The van der Waals surface area contributed by atoms with E-state index in [1.807, 2.05) is 0 Å². The van der Waals surface area contributed by atoms with Crippen LogP contribution in [0, 0.1) is 5.92 Å². The Morgan fingerprint density at radius 2 is 2.07 bits per heavy atom. The van der Waals surface area contributed by atoms with Crippen molar-refractivity contribution in [3.05, 3.63) is 12.1 Å². The van der Waals surface area contributed by atoms with Gasteiger partial charge >= 0.3 is 6.98 Å². The Kier molecular flexibility index (Phi) is 4.26. The third kappa shape index (κ3) is 4.28. The lowest BCUT2D eigenvalue weighted by atomic mass is 9.81. The molecule has 1 fully saturated rings. The molecule has 1 nitrogen and oxygen atoms in total. The number of ether oxygens (including phenoxy) is 1. The fourth-order valence-electron chi connectivity index (χ4n) is 1.85. The molecule has 15 heavy (non-hydrogen) atoms. The van der Waals surface area contributed by atoms with Crippen LogP contribution in [0.25, 0.3) is 0 Å². The van der Waals surface area contributed by atoms with Gasteiger partial charge in [-0.1, -0.05) is 19.8 Å². The minimum Gasteiger partial charge on any atom is -0.445 e. The molecule has 1 saturated carbocycles. The number of rotatable bonds is 4. The van der Waals surface area contributed by atoms with Gasteiger partial charge in [-0.25, -0.2) is 0 Å². The molecule has 0 aromatic rings. The average Bonchev–Trinajstić information content (AvgIpc) is 2.12. The molecule has 0 aliphatic heterocycles. The molecule has 2 unspecified atom stereocenters. The molecule has 0 aromatic carbocycles. The van der Waals surface area contributed by atoms with Crippen molar-refractivity contribution in [2.45, 2.75) is 38.7 Å². The summed E-state index contributed by atoms with van der Waals surface area (Å²) in [6, 6.07) is 0. The maximum absolute atomic E-state index is 12.2. The smallest absolute Gasteiger partial charge is 0.445 e. The number of hydrogen-bond acceptors (Lipinski definition) is 1. The Hall–Kier alpha value is -0.445. The molecular weight excluding hydrogens is 204 g/mol. The van der Waals surface area contributed by atoms with Crippen molar-refractivity contribution in [3.8, 4) is 0 Å². The van der Waals surface area contributed by atoms with Gasteiger partial charge in [0.15, 0.2) is 0 Å². The zero-order valence-corrected chi connectivity index (χ0v) is 9.02. The monoisotopic (exact) mass is 221 g/mol. The van der Waals surface area contributed by atoms with E-state index in [1.54, 1.807) is 0 Å². The van der Waals surface area contributed by atoms with Gasteiger partial charge in [0.2, 0.25) is 0 Å². The molecular formula is C10H17BF3O-. The lowest BCUT2D eigenvalue weighted by molar-refractivity contribution is 0.0294. The standard InChI is InChI=1S/C10H17BF3O/c1-8-4-3-5-10(6-8)15-7-9(2)11(12,13)14/h8,10H,2-7H2,1H3/q-1. The van der Waals surface area contributed by atoms with Crippen LogP contribution in [0.1, 0.15) is 32.6 Å². The number of hydrogen-bond donors (Lipinski definition) is 0. The molecule has 1 aliphatic carbocycles. The topological polar surface area (TPSA) is 9.23 Å². The predicted molar refractivity (Wildman–Crippen MR) is 55.6 cm³/mol. The van der Waals surface area contributed by atoms with Gasteiger partial charge in [-0.3, -0.25) is 0 Å². The second-order valence-electron chi connectivity index (χ2n) is 4.44. The van der Waals surface area contributed by atoms with Crippen molar-refractivity contribution >= 4 is 6.98 Å². The molecule has 0 bridgehead atoms. The van der Waals surface area contributed by atoms with Crippen LogP contribution in [-0.4, -0.2) is 19.7 Å². The Labute approximate surface area is 88.7 Å². The van der Waals surface area contributed by atoms with Crippen molar-refractivity contribution in [2.75, 3.05) is 6.61 Å². The summed E-state index contributed by atoms with van der Waals surface area (Å²) in [5, 5.41) is 0.